The number of benzene rings is 1. The van der Waals surface area contributed by atoms with E-state index >= 15 is 0 Å². The van der Waals surface area contributed by atoms with Crippen LogP contribution in [0.25, 0.3) is 0 Å². The van der Waals surface area contributed by atoms with E-state index in [1.54, 1.807) is 37.2 Å². The smallest absolute Gasteiger partial charge is 0.226 e. The fourth-order valence-electron chi connectivity index (χ4n) is 1.88. The molecular weight excluding hydrogens is 244 g/mol. The van der Waals surface area contributed by atoms with Gasteiger partial charge in [-0.15, -0.1) is 0 Å². The first-order chi connectivity index (χ1) is 8.99. The second kappa shape index (κ2) is 6.99. The molecule has 5 heteroatoms. The summed E-state index contributed by atoms with van der Waals surface area (Å²) in [5.74, 6) is 0.296. The molecule has 3 N–H and O–H groups in total. The van der Waals surface area contributed by atoms with Crippen LogP contribution in [0.4, 0.5) is 0 Å². The van der Waals surface area contributed by atoms with Crippen LogP contribution in [0.15, 0.2) is 18.2 Å². The molecule has 1 unspecified atom stereocenters. The largest absolute Gasteiger partial charge is 0.504 e. The van der Waals surface area contributed by atoms with Crippen molar-refractivity contribution in [2.45, 2.75) is 13.3 Å². The van der Waals surface area contributed by atoms with Gasteiger partial charge >= 0.3 is 0 Å². The molecule has 1 atom stereocenters. The van der Waals surface area contributed by atoms with Gasteiger partial charge < -0.3 is 20.5 Å². The highest BCUT2D eigenvalue weighted by molar-refractivity contribution is 5.78. The molecule has 106 valence electrons. The molecule has 0 bridgehead atoms. The monoisotopic (exact) mass is 266 g/mol. The highest BCUT2D eigenvalue weighted by Gasteiger charge is 2.19. The summed E-state index contributed by atoms with van der Waals surface area (Å²) in [6.45, 7) is 2.63. The van der Waals surface area contributed by atoms with Crippen LogP contribution in [0.1, 0.15) is 12.5 Å². The standard InChI is InChI=1S/C14H22N2O3/c1-4-19-13-8-10(5-6-12(13)17)7-11(9-15)14(18)16(2)3/h5-6,8,11,17H,4,7,9,15H2,1-3H3. The summed E-state index contributed by atoms with van der Waals surface area (Å²) in [7, 11) is 3.43. The Morgan fingerprint density at radius 2 is 2.16 bits per heavy atom. The summed E-state index contributed by atoms with van der Waals surface area (Å²) in [4.78, 5) is 13.5. The van der Waals surface area contributed by atoms with E-state index in [1.807, 2.05) is 6.92 Å². The van der Waals surface area contributed by atoms with Gasteiger partial charge in [0.25, 0.3) is 0 Å². The minimum Gasteiger partial charge on any atom is -0.504 e. The van der Waals surface area contributed by atoms with E-state index in [-0.39, 0.29) is 17.6 Å². The molecule has 19 heavy (non-hydrogen) atoms. The second-order valence-electron chi connectivity index (χ2n) is 4.60. The van der Waals surface area contributed by atoms with E-state index in [0.717, 1.165) is 5.56 Å². The molecule has 0 aliphatic carbocycles. The quantitative estimate of drug-likeness (QED) is 0.805. The van der Waals surface area contributed by atoms with Crippen LogP contribution in [0.5, 0.6) is 11.5 Å². The third-order valence-electron chi connectivity index (χ3n) is 2.88. The topological polar surface area (TPSA) is 75.8 Å². The number of aromatic hydroxyl groups is 1. The summed E-state index contributed by atoms with van der Waals surface area (Å²) in [5, 5.41) is 9.63. The van der Waals surface area contributed by atoms with Gasteiger partial charge in [-0.2, -0.15) is 0 Å². The SMILES string of the molecule is CCOc1cc(CC(CN)C(=O)N(C)C)ccc1O. The minimum atomic E-state index is -0.256. The number of nitrogens with two attached hydrogens (primary N) is 1. The lowest BCUT2D eigenvalue weighted by Gasteiger charge is -2.19. The third-order valence-corrected chi connectivity index (χ3v) is 2.88. The van der Waals surface area contributed by atoms with E-state index in [9.17, 15) is 9.90 Å². The van der Waals surface area contributed by atoms with Gasteiger partial charge in [0.15, 0.2) is 11.5 Å². The zero-order valence-corrected chi connectivity index (χ0v) is 11.7. The van der Waals surface area contributed by atoms with Crippen molar-refractivity contribution >= 4 is 5.91 Å². The number of hydrogen-bond acceptors (Lipinski definition) is 4. The Bertz CT molecular complexity index is 433. The predicted molar refractivity (Wildman–Crippen MR) is 74.2 cm³/mol. The van der Waals surface area contributed by atoms with Crippen molar-refractivity contribution in [2.24, 2.45) is 11.7 Å². The molecule has 5 nitrogen and oxygen atoms in total. The molecule has 1 amide bonds. The van der Waals surface area contributed by atoms with Crippen molar-refractivity contribution in [1.82, 2.24) is 4.90 Å². The van der Waals surface area contributed by atoms with Crippen molar-refractivity contribution in [2.75, 3.05) is 27.2 Å². The van der Waals surface area contributed by atoms with Crippen LogP contribution in [0, 0.1) is 5.92 Å². The van der Waals surface area contributed by atoms with Gasteiger partial charge in [0.05, 0.1) is 12.5 Å². The van der Waals surface area contributed by atoms with Gasteiger partial charge in [-0.1, -0.05) is 6.07 Å². The lowest BCUT2D eigenvalue weighted by atomic mass is 9.98. The Morgan fingerprint density at radius 1 is 1.47 bits per heavy atom. The number of ether oxygens (including phenoxy) is 1. The molecule has 0 radical (unpaired) electrons. The van der Waals surface area contributed by atoms with E-state index < -0.39 is 0 Å². The lowest BCUT2D eigenvalue weighted by molar-refractivity contribution is -0.132. The van der Waals surface area contributed by atoms with Gasteiger partial charge in [0, 0.05) is 20.6 Å². The number of carbonyl (C=O) groups excluding carboxylic acids is 1. The van der Waals surface area contributed by atoms with E-state index in [0.29, 0.717) is 25.3 Å². The molecule has 0 saturated carbocycles. The molecular formula is C14H22N2O3. The van der Waals surface area contributed by atoms with Gasteiger partial charge in [-0.3, -0.25) is 4.79 Å². The summed E-state index contributed by atoms with van der Waals surface area (Å²) in [6, 6.07) is 5.11. The summed E-state index contributed by atoms with van der Waals surface area (Å²) in [5.41, 5.74) is 6.58. The van der Waals surface area contributed by atoms with E-state index in [1.165, 1.54) is 0 Å². The minimum absolute atomic E-state index is 0.00790. The van der Waals surface area contributed by atoms with Crippen molar-refractivity contribution in [3.8, 4) is 11.5 Å². The van der Waals surface area contributed by atoms with Crippen molar-refractivity contribution in [3.05, 3.63) is 23.8 Å². The van der Waals surface area contributed by atoms with E-state index in [2.05, 4.69) is 0 Å². The maximum Gasteiger partial charge on any atom is 0.226 e. The molecule has 0 spiro atoms. The lowest BCUT2D eigenvalue weighted by Crippen LogP contribution is -2.35. The highest BCUT2D eigenvalue weighted by atomic mass is 16.5. The second-order valence-corrected chi connectivity index (χ2v) is 4.60. The summed E-state index contributed by atoms with van der Waals surface area (Å²) < 4.78 is 5.32. The molecule has 1 rings (SSSR count). The number of phenolic OH excluding ortho intramolecular Hbond substituents is 1. The van der Waals surface area contributed by atoms with Gasteiger partial charge in [-0.25, -0.2) is 0 Å². The first kappa shape index (κ1) is 15.3. The Kier molecular flexibility index (Phi) is 5.63. The van der Waals surface area contributed by atoms with Crippen molar-refractivity contribution in [3.63, 3.8) is 0 Å². The average molecular weight is 266 g/mol. The van der Waals surface area contributed by atoms with Gasteiger partial charge in [0.2, 0.25) is 5.91 Å². The zero-order valence-electron chi connectivity index (χ0n) is 11.7. The molecule has 1 aromatic carbocycles. The first-order valence-corrected chi connectivity index (χ1v) is 6.35. The van der Waals surface area contributed by atoms with Crippen LogP contribution >= 0.6 is 0 Å². The normalized spacial score (nSPS) is 12.0. The van der Waals surface area contributed by atoms with Gasteiger partial charge in [0.1, 0.15) is 0 Å². The Labute approximate surface area is 114 Å². The molecule has 0 aliphatic heterocycles. The van der Waals surface area contributed by atoms with Crippen LogP contribution < -0.4 is 10.5 Å². The molecule has 1 aromatic rings. The number of hydrogen-bond donors (Lipinski definition) is 2. The third kappa shape index (κ3) is 4.13. The van der Waals surface area contributed by atoms with Crippen molar-refractivity contribution < 1.29 is 14.6 Å². The highest BCUT2D eigenvalue weighted by Crippen LogP contribution is 2.27. The fraction of sp³-hybridized carbons (Fsp3) is 0.500. The first-order valence-electron chi connectivity index (χ1n) is 6.35. The maximum atomic E-state index is 11.9. The Hall–Kier alpha value is -1.75. The number of phenols is 1. The molecule has 0 aliphatic rings. The maximum absolute atomic E-state index is 11.9. The van der Waals surface area contributed by atoms with Crippen LogP contribution in [0.2, 0.25) is 0 Å². The van der Waals surface area contributed by atoms with Crippen LogP contribution in [0.3, 0.4) is 0 Å². The molecule has 0 fully saturated rings. The fourth-order valence-corrected chi connectivity index (χ4v) is 1.88. The van der Waals surface area contributed by atoms with E-state index in [4.69, 9.17) is 10.5 Å². The molecule has 0 aromatic heterocycles. The van der Waals surface area contributed by atoms with Crippen molar-refractivity contribution in [1.29, 1.82) is 0 Å². The summed E-state index contributed by atoms with van der Waals surface area (Å²) >= 11 is 0. The number of amides is 1. The zero-order chi connectivity index (χ0) is 14.4. The predicted octanol–water partition coefficient (Wildman–Crippen LogP) is 0.997. The van der Waals surface area contributed by atoms with Crippen LogP contribution in [-0.4, -0.2) is 43.2 Å². The number of carbonyl (C=O) groups is 1. The Morgan fingerprint density at radius 3 is 2.68 bits per heavy atom. The van der Waals surface area contributed by atoms with Crippen LogP contribution in [-0.2, 0) is 11.2 Å². The molecule has 0 saturated heterocycles. The average Bonchev–Trinajstić information content (AvgIpc) is 2.39. The number of rotatable bonds is 6. The summed E-state index contributed by atoms with van der Waals surface area (Å²) in [6.07, 6.45) is 0.536. The number of nitrogens with zero attached hydrogens (tertiary/aromatic N) is 1. The Balaban J connectivity index is 2.85. The van der Waals surface area contributed by atoms with Gasteiger partial charge in [-0.05, 0) is 31.0 Å². The molecule has 0 heterocycles.